The number of carboxylic acids is 1. The van der Waals surface area contributed by atoms with E-state index < -0.39 is 40.7 Å². The Kier molecular flexibility index (Phi) is 13.4. The smallest absolute Gasteiger partial charge is 0.550 e. The van der Waals surface area contributed by atoms with Crippen molar-refractivity contribution in [3.05, 3.63) is 112 Å². The van der Waals surface area contributed by atoms with Crippen molar-refractivity contribution in [3.8, 4) is 0 Å². The Morgan fingerprint density at radius 2 is 1.64 bits per heavy atom. The first-order valence-corrected chi connectivity index (χ1v) is 15.7. The van der Waals surface area contributed by atoms with Gasteiger partial charge < -0.3 is 15.0 Å². The summed E-state index contributed by atoms with van der Waals surface area (Å²) in [6.07, 6.45) is -8.37. The molecular weight excluding hydrogens is 675 g/mol. The summed E-state index contributed by atoms with van der Waals surface area (Å²) < 4.78 is 82.4. The number of aromatic nitrogens is 1. The number of alkyl halides is 6. The molecule has 0 saturated carbocycles. The van der Waals surface area contributed by atoms with Gasteiger partial charge in [-0.05, 0) is 60.2 Å². The second kappa shape index (κ2) is 16.2. The van der Waals surface area contributed by atoms with Crippen molar-refractivity contribution >= 4 is 52.4 Å². The number of aryl methyl sites for hydroxylation is 1. The molecule has 1 N–H and O–H groups in total. The zero-order valence-corrected chi connectivity index (χ0v) is 29.0. The monoisotopic (exact) mass is 703 g/mol. The maximum absolute atomic E-state index is 13.7. The molecule has 4 aromatic rings. The number of nitrogens with zero attached hydrogens (tertiary/aromatic N) is 1. The number of benzene rings is 3. The second-order valence-corrected chi connectivity index (χ2v) is 12.4. The van der Waals surface area contributed by atoms with Gasteiger partial charge >= 0.3 is 41.9 Å². The van der Waals surface area contributed by atoms with Gasteiger partial charge in [0.2, 0.25) is 0 Å². The minimum atomic E-state index is -6.02. The molecule has 3 aromatic carbocycles. The number of rotatable bonds is 12. The van der Waals surface area contributed by atoms with E-state index in [9.17, 15) is 41.4 Å². The molecule has 0 radical (unpaired) electrons. The van der Waals surface area contributed by atoms with Crippen molar-refractivity contribution in [2.45, 2.75) is 49.4 Å². The molecule has 1 heterocycles. The number of carbonyl (C=O) groups excluding carboxylic acids is 1. The fraction of sp³-hybridized carbons (Fsp3) is 0.294. The van der Waals surface area contributed by atoms with Gasteiger partial charge in [-0.1, -0.05) is 85.3 Å². The fourth-order valence-electron chi connectivity index (χ4n) is 5.02. The van der Waals surface area contributed by atoms with E-state index in [0.717, 1.165) is 23.1 Å². The number of carboxylic acid groups (broad SMARTS) is 1. The number of hydrogen-bond acceptors (Lipinski definition) is 5. The molecule has 0 amide bonds. The van der Waals surface area contributed by atoms with Crippen LogP contribution < -0.4 is 34.7 Å². The van der Waals surface area contributed by atoms with E-state index >= 15 is 0 Å². The van der Waals surface area contributed by atoms with Crippen LogP contribution in [0.1, 0.15) is 53.0 Å². The average molecular weight is 704 g/mol. The Bertz CT molecular complexity index is 1700. The van der Waals surface area contributed by atoms with Crippen LogP contribution in [0.5, 0.6) is 0 Å². The number of fused-ring (bicyclic) bond motifs is 1. The number of hydrogen-bond donors (Lipinski definition) is 1. The first-order chi connectivity index (χ1) is 21.6. The van der Waals surface area contributed by atoms with E-state index in [2.05, 4.69) is 4.98 Å². The molecule has 4 nitrogen and oxygen atoms in total. The van der Waals surface area contributed by atoms with Gasteiger partial charge in [-0.25, -0.2) is 4.98 Å². The normalized spacial score (nSPS) is 13.8. The molecule has 13 heteroatoms. The van der Waals surface area contributed by atoms with E-state index in [1.807, 2.05) is 36.4 Å². The summed E-state index contributed by atoms with van der Waals surface area (Å²) in [5, 5.41) is 22.6. The van der Waals surface area contributed by atoms with E-state index in [0.29, 0.717) is 27.9 Å². The van der Waals surface area contributed by atoms with Gasteiger partial charge in [0.05, 0.1) is 11.2 Å². The summed E-state index contributed by atoms with van der Waals surface area (Å²) in [5.74, 6) is -1.94. The number of thioether (sulfide) groups is 1. The van der Waals surface area contributed by atoms with Crippen LogP contribution in [-0.2, 0) is 16.8 Å². The zero-order chi connectivity index (χ0) is 33.7. The molecule has 0 fully saturated rings. The minimum absolute atomic E-state index is 0. The summed E-state index contributed by atoms with van der Waals surface area (Å²) in [4.78, 5) is 16.2. The molecular formula is C34H29ClF6NNaO3S. The van der Waals surface area contributed by atoms with Gasteiger partial charge in [-0.3, -0.25) is 0 Å². The molecule has 0 aliphatic heterocycles. The first-order valence-electron chi connectivity index (χ1n) is 14.2. The van der Waals surface area contributed by atoms with Gasteiger partial charge in [-0.15, -0.1) is 0 Å². The van der Waals surface area contributed by atoms with E-state index in [4.69, 9.17) is 11.6 Å². The van der Waals surface area contributed by atoms with E-state index in [1.165, 1.54) is 17.8 Å². The molecule has 0 spiro atoms. The Labute approximate surface area is 299 Å². The first kappa shape index (κ1) is 38.9. The zero-order valence-electron chi connectivity index (χ0n) is 25.4. The number of carbonyl (C=O) groups is 1. The number of aliphatic hydroxyl groups is 1. The standard InChI is InChI=1S/C34H30ClF6NO3S.Na/c1-2-22(31(43)44)20-46-30(17-13-23-7-3-4-9-28(23)32(45,33(36,37)38)34(39,40)41)25-8-5-6-21(18-25)10-15-27-16-12-24-11-14-26(35)19-29(24)42-27;/h3-12,14-16,18-19,22,30,45H,2,13,17,20H2,1H3,(H,43,44);/q;+1/p-1. The van der Waals surface area contributed by atoms with E-state index in [-0.39, 0.29) is 60.1 Å². The van der Waals surface area contributed by atoms with Gasteiger partial charge in [0.25, 0.3) is 5.60 Å². The van der Waals surface area contributed by atoms with Crippen LogP contribution in [0.2, 0.25) is 5.02 Å². The summed E-state index contributed by atoms with van der Waals surface area (Å²) in [6, 6.07) is 20.3. The van der Waals surface area contributed by atoms with Crippen LogP contribution in [0.4, 0.5) is 26.3 Å². The molecule has 47 heavy (non-hydrogen) atoms. The molecule has 2 unspecified atom stereocenters. The van der Waals surface area contributed by atoms with Crippen molar-refractivity contribution in [1.29, 1.82) is 0 Å². The number of pyridine rings is 1. The second-order valence-electron chi connectivity index (χ2n) is 10.7. The third-order valence-electron chi connectivity index (χ3n) is 7.63. The van der Waals surface area contributed by atoms with Crippen molar-refractivity contribution in [3.63, 3.8) is 0 Å². The molecule has 244 valence electrons. The van der Waals surface area contributed by atoms with Crippen molar-refractivity contribution in [2.75, 3.05) is 5.75 Å². The molecule has 0 saturated heterocycles. The maximum atomic E-state index is 13.7. The van der Waals surface area contributed by atoms with Crippen LogP contribution in [0.25, 0.3) is 23.1 Å². The Morgan fingerprint density at radius 1 is 0.957 bits per heavy atom. The SMILES string of the molecule is CCC(CSC(CCc1ccccc1C(O)(C(F)(F)F)C(F)(F)F)c1cccc(C=Cc2ccc3ccc(Cl)cc3n2)c1)C(=O)[O-].[Na+]. The summed E-state index contributed by atoms with van der Waals surface area (Å²) >= 11 is 7.32. The molecule has 4 rings (SSSR count). The predicted molar refractivity (Wildman–Crippen MR) is 167 cm³/mol. The number of aliphatic carboxylic acids is 1. The van der Waals surface area contributed by atoms with Crippen molar-refractivity contribution < 1.29 is 70.9 Å². The van der Waals surface area contributed by atoms with Crippen LogP contribution in [0, 0.1) is 5.92 Å². The Hall–Kier alpha value is -2.54. The molecule has 0 aliphatic carbocycles. The topological polar surface area (TPSA) is 73.2 Å². The van der Waals surface area contributed by atoms with Gasteiger partial charge in [-0.2, -0.15) is 38.1 Å². The fourth-order valence-corrected chi connectivity index (χ4v) is 6.64. The van der Waals surface area contributed by atoms with Crippen molar-refractivity contribution in [1.82, 2.24) is 4.98 Å². The summed E-state index contributed by atoms with van der Waals surface area (Å²) in [7, 11) is 0. The maximum Gasteiger partial charge on any atom is 1.00 e. The molecule has 2 atom stereocenters. The Morgan fingerprint density at radius 3 is 2.30 bits per heavy atom. The largest absolute Gasteiger partial charge is 1.00 e. The van der Waals surface area contributed by atoms with Gasteiger partial charge in [0.15, 0.2) is 0 Å². The third-order valence-corrected chi connectivity index (χ3v) is 9.37. The van der Waals surface area contributed by atoms with Crippen LogP contribution >= 0.6 is 23.4 Å². The minimum Gasteiger partial charge on any atom is -0.550 e. The predicted octanol–water partition coefficient (Wildman–Crippen LogP) is 5.56. The number of halogens is 7. The van der Waals surface area contributed by atoms with Crippen LogP contribution in [0.3, 0.4) is 0 Å². The molecule has 0 bridgehead atoms. The van der Waals surface area contributed by atoms with E-state index in [1.54, 1.807) is 37.3 Å². The summed E-state index contributed by atoms with van der Waals surface area (Å²) in [6.45, 7) is 1.68. The summed E-state index contributed by atoms with van der Waals surface area (Å²) in [5.41, 5.74) is -3.87. The molecule has 1 aromatic heterocycles. The quantitative estimate of drug-likeness (QED) is 0.155. The van der Waals surface area contributed by atoms with Crippen LogP contribution in [0.15, 0.2) is 78.9 Å². The average Bonchev–Trinajstić information content (AvgIpc) is 3.00. The van der Waals surface area contributed by atoms with Gasteiger partial charge in [0, 0.05) is 38.9 Å². The van der Waals surface area contributed by atoms with Gasteiger partial charge in [0.1, 0.15) is 0 Å². The third kappa shape index (κ3) is 9.33. The van der Waals surface area contributed by atoms with Crippen LogP contribution in [-0.4, -0.2) is 34.2 Å². The molecule has 0 aliphatic rings. The Balaban J connectivity index is 0.00000600. The van der Waals surface area contributed by atoms with Crippen molar-refractivity contribution in [2.24, 2.45) is 5.92 Å².